The van der Waals surface area contributed by atoms with E-state index >= 15 is 0 Å². The lowest BCUT2D eigenvalue weighted by molar-refractivity contribution is 0.0506. The van der Waals surface area contributed by atoms with E-state index in [1.165, 1.54) is 38.4 Å². The summed E-state index contributed by atoms with van der Waals surface area (Å²) in [6.45, 7) is 18.2. The Kier molecular flexibility index (Phi) is 10.0. The minimum Gasteiger partial charge on any atom is -0.467 e. The van der Waals surface area contributed by atoms with Gasteiger partial charge in [0.1, 0.15) is 11.5 Å². The van der Waals surface area contributed by atoms with Crippen LogP contribution in [0.1, 0.15) is 69.4 Å². The maximum atomic E-state index is 6.42. The van der Waals surface area contributed by atoms with Gasteiger partial charge in [-0.15, -0.1) is 0 Å². The van der Waals surface area contributed by atoms with Gasteiger partial charge in [-0.2, -0.15) is 0 Å². The second-order valence-electron chi connectivity index (χ2n) is 12.0. The summed E-state index contributed by atoms with van der Waals surface area (Å²) in [5, 5.41) is 2.41. The van der Waals surface area contributed by atoms with Crippen LogP contribution in [0, 0.1) is 13.8 Å². The van der Waals surface area contributed by atoms with Crippen LogP contribution >= 0.6 is 7.92 Å². The van der Waals surface area contributed by atoms with E-state index in [0.717, 1.165) is 17.7 Å². The summed E-state index contributed by atoms with van der Waals surface area (Å²) in [7, 11) is 2.42. The van der Waals surface area contributed by atoms with E-state index in [1.807, 2.05) is 0 Å². The highest BCUT2D eigenvalue weighted by atomic mass is 31.1. The average molecular weight is 537 g/mol. The fraction of sp³-hybridized carbons (Fsp3) is 0.455. The Labute approximate surface area is 231 Å². The third-order valence-corrected chi connectivity index (χ3v) is 8.96. The highest BCUT2D eigenvalue weighted by molar-refractivity contribution is 7.72. The summed E-state index contributed by atoms with van der Waals surface area (Å²) in [5.41, 5.74) is 5.90. The normalized spacial score (nSPS) is 12.2. The lowest BCUT2D eigenvalue weighted by Crippen LogP contribution is -2.26. The van der Waals surface area contributed by atoms with E-state index < -0.39 is 7.92 Å². The minimum atomic E-state index is -0.922. The van der Waals surface area contributed by atoms with Crippen molar-refractivity contribution in [2.75, 3.05) is 27.8 Å². The van der Waals surface area contributed by atoms with Crippen molar-refractivity contribution in [3.8, 4) is 11.5 Å². The molecule has 0 atom stereocenters. The standard InChI is InChI=1S/C33H45O4P/c1-23-16-26(32(3,4)5)30(36-21-34-9)28(18-23)38(20-25-14-12-11-13-15-25)29-19-24(2)17-27(33(6,7)8)31(29)37-22-35-10/h11-19H,20-22H2,1-10H3. The van der Waals surface area contributed by atoms with Gasteiger partial charge in [-0.25, -0.2) is 0 Å². The molecule has 3 aromatic rings. The third kappa shape index (κ3) is 7.38. The first-order valence-electron chi connectivity index (χ1n) is 13.2. The van der Waals surface area contributed by atoms with Gasteiger partial charge in [-0.05, 0) is 61.4 Å². The van der Waals surface area contributed by atoms with Crippen LogP contribution in [-0.4, -0.2) is 27.8 Å². The van der Waals surface area contributed by atoms with E-state index in [-0.39, 0.29) is 24.4 Å². The predicted octanol–water partition coefficient (Wildman–Crippen LogP) is 7.50. The molecule has 38 heavy (non-hydrogen) atoms. The first-order chi connectivity index (χ1) is 17.9. The molecule has 5 heteroatoms. The Balaban J connectivity index is 2.41. The van der Waals surface area contributed by atoms with Gasteiger partial charge in [0, 0.05) is 42.1 Å². The van der Waals surface area contributed by atoms with Crippen LogP contribution in [0.15, 0.2) is 54.6 Å². The molecule has 0 saturated carbocycles. The molecule has 0 saturated heterocycles. The van der Waals surface area contributed by atoms with Crippen LogP contribution in [0.25, 0.3) is 0 Å². The van der Waals surface area contributed by atoms with E-state index in [2.05, 4.69) is 110 Å². The second kappa shape index (κ2) is 12.6. The molecule has 0 aliphatic heterocycles. The number of hydrogen-bond donors (Lipinski definition) is 0. The molecule has 0 spiro atoms. The zero-order chi connectivity index (χ0) is 28.1. The van der Waals surface area contributed by atoms with Gasteiger partial charge in [0.15, 0.2) is 13.6 Å². The monoisotopic (exact) mass is 536 g/mol. The molecule has 3 aromatic carbocycles. The van der Waals surface area contributed by atoms with Gasteiger partial charge in [-0.3, -0.25) is 0 Å². The molecule has 3 rings (SSSR count). The van der Waals surface area contributed by atoms with E-state index in [0.29, 0.717) is 0 Å². The topological polar surface area (TPSA) is 36.9 Å². The zero-order valence-corrected chi connectivity index (χ0v) is 25.8. The summed E-state index contributed by atoms with van der Waals surface area (Å²) in [6, 6.07) is 19.8. The molecule has 0 aromatic heterocycles. The van der Waals surface area contributed by atoms with Gasteiger partial charge in [0.2, 0.25) is 0 Å². The minimum absolute atomic E-state index is 0.101. The average Bonchev–Trinajstić information content (AvgIpc) is 2.84. The molecule has 0 aliphatic carbocycles. The highest BCUT2D eigenvalue weighted by Gasteiger charge is 2.31. The maximum absolute atomic E-state index is 6.42. The van der Waals surface area contributed by atoms with Crippen LogP contribution in [0.5, 0.6) is 11.5 Å². The Hall–Kier alpha value is -2.39. The van der Waals surface area contributed by atoms with Crippen molar-refractivity contribution >= 4 is 18.5 Å². The Morgan fingerprint density at radius 3 is 1.42 bits per heavy atom. The van der Waals surface area contributed by atoms with E-state index in [1.54, 1.807) is 14.2 Å². The second-order valence-corrected chi connectivity index (χ2v) is 14.1. The lowest BCUT2D eigenvalue weighted by Gasteiger charge is -2.32. The SMILES string of the molecule is COCOc1c(P(Cc2ccccc2)c2cc(C)cc(C(C)(C)C)c2OCOC)cc(C)cc1C(C)(C)C. The van der Waals surface area contributed by atoms with Crippen LogP contribution in [0.3, 0.4) is 0 Å². The zero-order valence-electron chi connectivity index (χ0n) is 24.9. The Morgan fingerprint density at radius 2 is 1.05 bits per heavy atom. The quantitative estimate of drug-likeness (QED) is 0.199. The molecular formula is C33H45O4P. The van der Waals surface area contributed by atoms with Crippen LogP contribution in [0.2, 0.25) is 0 Å². The van der Waals surface area contributed by atoms with Gasteiger partial charge in [0.25, 0.3) is 0 Å². The molecule has 0 heterocycles. The van der Waals surface area contributed by atoms with Gasteiger partial charge in [0.05, 0.1) is 0 Å². The number of aryl methyl sites for hydroxylation is 2. The van der Waals surface area contributed by atoms with Gasteiger partial charge < -0.3 is 18.9 Å². The maximum Gasteiger partial charge on any atom is 0.188 e. The summed E-state index contributed by atoms with van der Waals surface area (Å²) < 4.78 is 23.6. The molecule has 0 aliphatic rings. The number of benzene rings is 3. The predicted molar refractivity (Wildman–Crippen MR) is 161 cm³/mol. The summed E-state index contributed by atoms with van der Waals surface area (Å²) in [4.78, 5) is 0. The van der Waals surface area contributed by atoms with Crippen molar-refractivity contribution in [1.82, 2.24) is 0 Å². The fourth-order valence-electron chi connectivity index (χ4n) is 4.63. The van der Waals surface area contributed by atoms with Gasteiger partial charge >= 0.3 is 0 Å². The largest absolute Gasteiger partial charge is 0.467 e. The van der Waals surface area contributed by atoms with Crippen molar-refractivity contribution in [2.45, 2.75) is 72.4 Å². The fourth-order valence-corrected chi connectivity index (χ4v) is 7.38. The molecule has 0 radical (unpaired) electrons. The first-order valence-corrected chi connectivity index (χ1v) is 14.7. The van der Waals surface area contributed by atoms with Crippen LogP contribution in [-0.2, 0) is 26.5 Å². The van der Waals surface area contributed by atoms with Crippen molar-refractivity contribution < 1.29 is 18.9 Å². The van der Waals surface area contributed by atoms with Crippen molar-refractivity contribution in [2.24, 2.45) is 0 Å². The summed E-state index contributed by atoms with van der Waals surface area (Å²) in [6.07, 6.45) is 0.864. The lowest BCUT2D eigenvalue weighted by atomic mass is 9.85. The van der Waals surface area contributed by atoms with Crippen molar-refractivity contribution in [3.63, 3.8) is 0 Å². The number of hydrogen-bond acceptors (Lipinski definition) is 4. The third-order valence-electron chi connectivity index (χ3n) is 6.45. The Bertz CT molecular complexity index is 1130. The molecule has 4 nitrogen and oxygen atoms in total. The van der Waals surface area contributed by atoms with E-state index in [4.69, 9.17) is 18.9 Å². The smallest absolute Gasteiger partial charge is 0.188 e. The first kappa shape index (κ1) is 30.2. The molecule has 0 N–H and O–H groups in total. The van der Waals surface area contributed by atoms with E-state index in [9.17, 15) is 0 Å². The molecule has 206 valence electrons. The van der Waals surface area contributed by atoms with Crippen LogP contribution in [0.4, 0.5) is 0 Å². The highest BCUT2D eigenvalue weighted by Crippen LogP contribution is 2.48. The summed E-state index contributed by atoms with van der Waals surface area (Å²) >= 11 is 0. The Morgan fingerprint density at radius 1 is 0.632 bits per heavy atom. The molecular weight excluding hydrogens is 491 g/mol. The summed E-state index contributed by atoms with van der Waals surface area (Å²) in [5.74, 6) is 1.84. The van der Waals surface area contributed by atoms with Crippen molar-refractivity contribution in [3.05, 3.63) is 82.4 Å². The van der Waals surface area contributed by atoms with Gasteiger partial charge in [-0.1, -0.05) is 84.0 Å². The molecule has 0 amide bonds. The number of methoxy groups -OCH3 is 2. The number of ether oxygens (including phenoxy) is 4. The van der Waals surface area contributed by atoms with Crippen LogP contribution < -0.4 is 20.1 Å². The molecule has 0 bridgehead atoms. The number of rotatable bonds is 10. The van der Waals surface area contributed by atoms with Crippen molar-refractivity contribution in [1.29, 1.82) is 0 Å². The molecule has 0 fully saturated rings. The molecule has 0 unspecified atom stereocenters.